The zero-order valence-corrected chi connectivity index (χ0v) is 18.9. The number of anilines is 4. The molecule has 3 aromatic rings. The molecule has 10 heteroatoms. The fourth-order valence-electron chi connectivity index (χ4n) is 3.48. The van der Waals surface area contributed by atoms with Gasteiger partial charge in [0.1, 0.15) is 10.7 Å². The number of nitrogens with zero attached hydrogens (tertiary/aromatic N) is 4. The Morgan fingerprint density at radius 3 is 2.66 bits per heavy atom. The first-order valence-electron chi connectivity index (χ1n) is 10.5. The van der Waals surface area contributed by atoms with Gasteiger partial charge in [0.2, 0.25) is 5.95 Å². The molecule has 4 N–H and O–H groups in total. The number of hydrogen-bond acceptors (Lipinski definition) is 10. The molecule has 0 radical (unpaired) electrons. The summed E-state index contributed by atoms with van der Waals surface area (Å²) in [5.41, 5.74) is 8.75. The molecule has 0 saturated carbocycles. The van der Waals surface area contributed by atoms with E-state index in [1.165, 1.54) is 11.3 Å². The van der Waals surface area contributed by atoms with Crippen LogP contribution in [-0.4, -0.2) is 51.8 Å². The van der Waals surface area contributed by atoms with Crippen molar-refractivity contribution in [2.45, 2.75) is 32.8 Å². The van der Waals surface area contributed by atoms with Crippen LogP contribution in [-0.2, 0) is 4.74 Å². The van der Waals surface area contributed by atoms with Crippen LogP contribution in [0, 0.1) is 6.92 Å². The third-order valence-electron chi connectivity index (χ3n) is 5.18. The number of aliphatic hydroxyl groups excluding tert-OH is 1. The summed E-state index contributed by atoms with van der Waals surface area (Å²) in [7, 11) is 0. The van der Waals surface area contributed by atoms with E-state index >= 15 is 0 Å². The van der Waals surface area contributed by atoms with Crippen LogP contribution in [0.3, 0.4) is 0 Å². The molecule has 0 unspecified atom stereocenters. The Bertz CT molecular complexity index is 1090. The molecule has 0 bridgehead atoms. The van der Waals surface area contributed by atoms with Gasteiger partial charge in [-0.1, -0.05) is 23.5 Å². The van der Waals surface area contributed by atoms with Crippen LogP contribution in [0.15, 0.2) is 30.3 Å². The summed E-state index contributed by atoms with van der Waals surface area (Å²) >= 11 is 1.21. The number of hydrogen-bond donors (Lipinski definition) is 3. The normalized spacial score (nSPS) is 14.4. The SMILES string of the molecule is CCOC(=O)c1sc(Nc2nc(-c3ccc(N)cc3)cc(N3CCC(O)CC3)n2)nc1C. The average Bonchev–Trinajstić information content (AvgIpc) is 3.14. The minimum absolute atomic E-state index is 0.276. The van der Waals surface area contributed by atoms with Crippen molar-refractivity contribution in [1.82, 2.24) is 15.0 Å². The largest absolute Gasteiger partial charge is 0.462 e. The second-order valence-electron chi connectivity index (χ2n) is 7.55. The Morgan fingerprint density at radius 1 is 1.25 bits per heavy atom. The number of nitrogens with two attached hydrogens (primary N) is 1. The molecule has 9 nitrogen and oxygen atoms in total. The number of aliphatic hydroxyl groups is 1. The van der Waals surface area contributed by atoms with Crippen LogP contribution in [0.25, 0.3) is 11.3 Å². The number of carbonyl (C=O) groups is 1. The van der Waals surface area contributed by atoms with E-state index in [0.717, 1.165) is 17.1 Å². The van der Waals surface area contributed by atoms with E-state index in [-0.39, 0.29) is 12.1 Å². The number of rotatable bonds is 6. The molecule has 32 heavy (non-hydrogen) atoms. The van der Waals surface area contributed by atoms with Crippen molar-refractivity contribution >= 4 is 39.9 Å². The number of nitrogens with one attached hydrogen (secondary N) is 1. The predicted molar refractivity (Wildman–Crippen MR) is 125 cm³/mol. The summed E-state index contributed by atoms with van der Waals surface area (Å²) < 4.78 is 5.10. The maximum atomic E-state index is 12.1. The second kappa shape index (κ2) is 9.49. The van der Waals surface area contributed by atoms with Gasteiger partial charge in [-0.25, -0.2) is 14.8 Å². The number of benzene rings is 1. The third-order valence-corrected chi connectivity index (χ3v) is 6.24. The lowest BCUT2D eigenvalue weighted by Crippen LogP contribution is -2.36. The van der Waals surface area contributed by atoms with Gasteiger partial charge < -0.3 is 20.5 Å². The molecule has 3 heterocycles. The number of carbonyl (C=O) groups excluding carboxylic acids is 1. The van der Waals surface area contributed by atoms with E-state index in [9.17, 15) is 9.90 Å². The highest BCUT2D eigenvalue weighted by Crippen LogP contribution is 2.29. The van der Waals surface area contributed by atoms with Crippen LogP contribution >= 0.6 is 11.3 Å². The van der Waals surface area contributed by atoms with Gasteiger partial charge in [-0.05, 0) is 38.8 Å². The van der Waals surface area contributed by atoms with E-state index in [4.69, 9.17) is 10.5 Å². The zero-order valence-electron chi connectivity index (χ0n) is 18.0. The van der Waals surface area contributed by atoms with Crippen molar-refractivity contribution in [3.05, 3.63) is 40.9 Å². The number of esters is 1. The Balaban J connectivity index is 1.67. The predicted octanol–water partition coefficient (Wildman–Crippen LogP) is 3.37. The van der Waals surface area contributed by atoms with Crippen molar-refractivity contribution in [3.63, 3.8) is 0 Å². The van der Waals surface area contributed by atoms with E-state index in [2.05, 4.69) is 25.2 Å². The Morgan fingerprint density at radius 2 is 1.97 bits per heavy atom. The molecule has 0 aliphatic carbocycles. The van der Waals surface area contributed by atoms with Gasteiger partial charge in [-0.15, -0.1) is 0 Å². The highest BCUT2D eigenvalue weighted by molar-refractivity contribution is 7.17. The summed E-state index contributed by atoms with van der Waals surface area (Å²) in [4.78, 5) is 28.5. The topological polar surface area (TPSA) is 126 Å². The first-order valence-corrected chi connectivity index (χ1v) is 11.3. The molecule has 0 spiro atoms. The Kier molecular flexibility index (Phi) is 6.52. The number of thiazole rings is 1. The summed E-state index contributed by atoms with van der Waals surface area (Å²) in [6.07, 6.45) is 1.11. The Hall–Kier alpha value is -3.24. The van der Waals surface area contributed by atoms with Crippen molar-refractivity contribution < 1.29 is 14.6 Å². The highest BCUT2D eigenvalue weighted by Gasteiger charge is 2.21. The van der Waals surface area contributed by atoms with Crippen LogP contribution in [0.4, 0.5) is 22.6 Å². The molecule has 1 aliphatic rings. The summed E-state index contributed by atoms with van der Waals surface area (Å²) in [6.45, 7) is 5.26. The third kappa shape index (κ3) is 4.97. The van der Waals surface area contributed by atoms with Crippen LogP contribution in [0.1, 0.15) is 35.1 Å². The average molecular weight is 455 g/mol. The second-order valence-corrected chi connectivity index (χ2v) is 8.55. The molecule has 0 atom stereocenters. The smallest absolute Gasteiger partial charge is 0.350 e. The number of piperidine rings is 1. The van der Waals surface area contributed by atoms with Gasteiger partial charge in [-0.3, -0.25) is 5.32 Å². The molecule has 1 aliphatic heterocycles. The monoisotopic (exact) mass is 454 g/mol. The quantitative estimate of drug-likeness (QED) is 0.379. The van der Waals surface area contributed by atoms with Gasteiger partial charge in [0, 0.05) is 30.4 Å². The minimum atomic E-state index is -0.389. The molecular formula is C22H26N6O3S. The molecule has 168 valence electrons. The van der Waals surface area contributed by atoms with Gasteiger partial charge in [0.25, 0.3) is 0 Å². The molecule has 4 rings (SSSR count). The fourth-order valence-corrected chi connectivity index (χ4v) is 4.33. The van der Waals surface area contributed by atoms with Crippen LogP contribution < -0.4 is 16.0 Å². The maximum absolute atomic E-state index is 12.1. The first-order chi connectivity index (χ1) is 15.4. The standard InChI is InChI=1S/C22H26N6O3S/c1-3-31-20(30)19-13(2)24-22(32-19)27-21-25-17(14-4-6-15(23)7-5-14)12-18(26-21)28-10-8-16(29)9-11-28/h4-7,12,16,29H,3,8-11,23H2,1-2H3,(H,24,25,26,27). The number of ether oxygens (including phenoxy) is 1. The minimum Gasteiger partial charge on any atom is -0.462 e. The summed E-state index contributed by atoms with van der Waals surface area (Å²) in [6, 6.07) is 9.43. The molecule has 1 fully saturated rings. The summed E-state index contributed by atoms with van der Waals surface area (Å²) in [5, 5.41) is 13.5. The van der Waals surface area contributed by atoms with Crippen molar-refractivity contribution in [3.8, 4) is 11.3 Å². The van der Waals surface area contributed by atoms with Crippen LogP contribution in [0.2, 0.25) is 0 Å². The highest BCUT2D eigenvalue weighted by atomic mass is 32.1. The number of aryl methyl sites for hydroxylation is 1. The van der Waals surface area contributed by atoms with Crippen molar-refractivity contribution in [2.24, 2.45) is 0 Å². The summed E-state index contributed by atoms with van der Waals surface area (Å²) in [5.74, 6) is 0.754. The lowest BCUT2D eigenvalue weighted by atomic mass is 10.1. The van der Waals surface area contributed by atoms with Crippen LogP contribution in [0.5, 0.6) is 0 Å². The van der Waals surface area contributed by atoms with E-state index in [1.54, 1.807) is 13.8 Å². The Labute approximate surface area is 190 Å². The van der Waals surface area contributed by atoms with E-state index in [1.807, 2.05) is 30.3 Å². The zero-order chi connectivity index (χ0) is 22.7. The van der Waals surface area contributed by atoms with E-state index in [0.29, 0.717) is 59.9 Å². The first kappa shape index (κ1) is 22.0. The molecular weight excluding hydrogens is 428 g/mol. The molecule has 1 saturated heterocycles. The molecule has 1 aromatic carbocycles. The molecule has 2 aromatic heterocycles. The molecule has 0 amide bonds. The van der Waals surface area contributed by atoms with Gasteiger partial charge >= 0.3 is 5.97 Å². The van der Waals surface area contributed by atoms with E-state index < -0.39 is 0 Å². The van der Waals surface area contributed by atoms with Crippen molar-refractivity contribution in [2.75, 3.05) is 35.6 Å². The van der Waals surface area contributed by atoms with Gasteiger partial charge in [0.05, 0.1) is 24.1 Å². The van der Waals surface area contributed by atoms with Crippen molar-refractivity contribution in [1.29, 1.82) is 0 Å². The van der Waals surface area contributed by atoms with Gasteiger partial charge in [0.15, 0.2) is 5.13 Å². The lowest BCUT2D eigenvalue weighted by molar-refractivity contribution is 0.0531. The number of aromatic nitrogens is 3. The van der Waals surface area contributed by atoms with Gasteiger partial charge in [-0.2, -0.15) is 4.98 Å². The lowest BCUT2D eigenvalue weighted by Gasteiger charge is -2.30. The maximum Gasteiger partial charge on any atom is 0.350 e. The fraction of sp³-hybridized carbons (Fsp3) is 0.364. The number of nitrogen functional groups attached to an aromatic ring is 1.